The number of carbonyl (C=O) groups is 1. The lowest BCUT2D eigenvalue weighted by molar-refractivity contribution is -0.150. The van der Waals surface area contributed by atoms with Crippen LogP contribution >= 0.6 is 0 Å². The molecule has 0 radical (unpaired) electrons. The third kappa shape index (κ3) is 23.1. The van der Waals surface area contributed by atoms with Crippen LogP contribution in [0.4, 0.5) is 0 Å². The van der Waals surface area contributed by atoms with Crippen molar-refractivity contribution >= 4 is 5.97 Å². The van der Waals surface area contributed by atoms with Crippen LogP contribution in [0, 0.1) is 46.3 Å². The fourth-order valence-corrected chi connectivity index (χ4v) is 16.5. The smallest absolute Gasteiger partial charge is 0.306 e. The predicted octanol–water partition coefficient (Wildman–Crippen LogP) is 19.9. The number of hydrogen-bond acceptors (Lipinski definition) is 7. The Kier molecular flexibility index (Phi) is 31.1. The van der Waals surface area contributed by atoms with Crippen molar-refractivity contribution in [3.63, 3.8) is 0 Å². The van der Waals surface area contributed by atoms with Gasteiger partial charge in [-0.3, -0.25) is 14.7 Å². The number of esters is 1. The van der Waals surface area contributed by atoms with Gasteiger partial charge in [-0.25, -0.2) is 0 Å². The molecule has 1 N–H and O–H groups in total. The van der Waals surface area contributed by atoms with Gasteiger partial charge in [0.2, 0.25) is 0 Å². The third-order valence-electron chi connectivity index (χ3n) is 21.3. The van der Waals surface area contributed by atoms with Gasteiger partial charge in [-0.05, 0) is 187 Å². The molecule has 6 rings (SSSR count). The van der Waals surface area contributed by atoms with E-state index in [0.29, 0.717) is 23.4 Å². The summed E-state index contributed by atoms with van der Waals surface area (Å²) in [6, 6.07) is 6.28. The van der Waals surface area contributed by atoms with Crippen LogP contribution < -0.4 is 5.32 Å². The average Bonchev–Trinajstić information content (AvgIpc) is 2.94. The number of nitrogens with zero attached hydrogens (tertiary/aromatic N) is 3. The van der Waals surface area contributed by atoms with E-state index in [1.165, 1.54) is 179 Å². The average molecular weight is 1120 g/mol. The summed E-state index contributed by atoms with van der Waals surface area (Å²) >= 11 is 0. The van der Waals surface area contributed by atoms with E-state index in [1.807, 2.05) is 12.3 Å². The Balaban J connectivity index is 0.918. The van der Waals surface area contributed by atoms with Crippen LogP contribution in [-0.4, -0.2) is 72.2 Å². The SMILES string of the molecule is C=C(CCCCCCN(CCCCCCC(=O)OC(CCCCCCCC)CCCCCCCC)CCCN(CC1=CC=CCN1)Cc1ccccn1)OC1CCC2(C)C(=CCC3C2CCC2(C)C(C(C)CCCC(C)C)CCC32)C1. The first-order chi connectivity index (χ1) is 39.4. The molecule has 4 aliphatic carbocycles. The molecule has 8 unspecified atom stereocenters. The minimum atomic E-state index is 0.0387. The van der Waals surface area contributed by atoms with Crippen molar-refractivity contribution in [2.75, 3.05) is 39.3 Å². The van der Waals surface area contributed by atoms with Crippen molar-refractivity contribution in [2.45, 2.75) is 298 Å². The molecule has 1 aromatic heterocycles. The van der Waals surface area contributed by atoms with Crippen molar-refractivity contribution < 1.29 is 14.3 Å². The van der Waals surface area contributed by atoms with Gasteiger partial charge in [0.1, 0.15) is 12.2 Å². The van der Waals surface area contributed by atoms with Crippen molar-refractivity contribution in [1.82, 2.24) is 20.1 Å². The van der Waals surface area contributed by atoms with E-state index in [9.17, 15) is 4.79 Å². The Morgan fingerprint density at radius 3 is 2.05 bits per heavy atom. The summed E-state index contributed by atoms with van der Waals surface area (Å²) in [6.45, 7) is 29.0. The summed E-state index contributed by atoms with van der Waals surface area (Å²) in [5, 5.41) is 3.59. The van der Waals surface area contributed by atoms with E-state index in [1.54, 1.807) is 5.57 Å². The summed E-state index contributed by atoms with van der Waals surface area (Å²) in [5.74, 6) is 6.35. The fourth-order valence-electron chi connectivity index (χ4n) is 16.5. The van der Waals surface area contributed by atoms with Crippen molar-refractivity contribution in [2.24, 2.45) is 46.3 Å². The highest BCUT2D eigenvalue weighted by atomic mass is 16.5. The molecule has 0 saturated heterocycles. The van der Waals surface area contributed by atoms with Gasteiger partial charge < -0.3 is 19.7 Å². The van der Waals surface area contributed by atoms with Crippen molar-refractivity contribution in [3.05, 3.63) is 78.0 Å². The number of dihydropyridines is 1. The lowest BCUT2D eigenvalue weighted by Gasteiger charge is -2.58. The summed E-state index contributed by atoms with van der Waals surface area (Å²) in [7, 11) is 0. The van der Waals surface area contributed by atoms with E-state index in [-0.39, 0.29) is 12.1 Å². The lowest BCUT2D eigenvalue weighted by Crippen LogP contribution is -2.51. The highest BCUT2D eigenvalue weighted by Gasteiger charge is 2.59. The predicted molar refractivity (Wildman–Crippen MR) is 345 cm³/mol. The number of carbonyl (C=O) groups excluding carboxylic acids is 1. The number of rotatable bonds is 44. The van der Waals surface area contributed by atoms with E-state index in [4.69, 9.17) is 14.5 Å². The van der Waals surface area contributed by atoms with Gasteiger partial charge in [-0.1, -0.05) is 194 Å². The molecule has 0 amide bonds. The van der Waals surface area contributed by atoms with E-state index in [2.05, 4.69) is 107 Å². The number of fused-ring (bicyclic) bond motifs is 5. The molecule has 1 aromatic rings. The molecule has 81 heavy (non-hydrogen) atoms. The van der Waals surface area contributed by atoms with Gasteiger partial charge in [-0.2, -0.15) is 0 Å². The molecule has 3 saturated carbocycles. The maximum atomic E-state index is 13.2. The molecule has 7 nitrogen and oxygen atoms in total. The second-order valence-electron chi connectivity index (χ2n) is 28.1. The molecule has 2 heterocycles. The topological polar surface area (TPSA) is 66.9 Å². The maximum Gasteiger partial charge on any atom is 0.306 e. The fraction of sp³-hybridized carbons (Fsp3) is 0.811. The van der Waals surface area contributed by atoms with E-state index < -0.39 is 0 Å². The summed E-state index contributed by atoms with van der Waals surface area (Å²) < 4.78 is 13.0. The van der Waals surface area contributed by atoms with Crippen LogP contribution in [0.2, 0.25) is 0 Å². The molecular formula is C74H126N4O3. The van der Waals surface area contributed by atoms with Crippen molar-refractivity contribution in [3.8, 4) is 0 Å². The zero-order valence-electron chi connectivity index (χ0n) is 53.9. The molecule has 0 bridgehead atoms. The standard InChI is InChI=1S/C74H126N4O3/c1-9-11-13-15-17-24-40-66(41-25-18-16-14-12-10-2)81-72(79)42-26-20-22-32-54-77(55-34-56-78(58-64-38-27-29-51-75-64)59-65-39-28-30-52-76-65)53-31-21-19-23-37-62(6)80-67-47-49-73(7)63(57-67)43-44-68-70-46-45-69(61(5)36-33-35-60(3)4)74(70,8)50-48-71(68)73/h27-30,38-39,43,51,60-61,66-71,76H,6,9-26,31-37,40-42,44-50,52-59H2,1-5,7-8H3. The molecule has 460 valence electrons. The minimum Gasteiger partial charge on any atom is -0.495 e. The van der Waals surface area contributed by atoms with Crippen LogP contribution in [0.5, 0.6) is 0 Å². The number of ether oxygens (including phenoxy) is 2. The number of aromatic nitrogens is 1. The molecular weight excluding hydrogens is 993 g/mol. The third-order valence-corrected chi connectivity index (χ3v) is 21.3. The van der Waals surface area contributed by atoms with E-state index in [0.717, 1.165) is 144 Å². The molecule has 3 fully saturated rings. The first-order valence-electron chi connectivity index (χ1n) is 35.1. The molecule has 0 spiro atoms. The molecule has 0 aromatic carbocycles. The van der Waals surface area contributed by atoms with Gasteiger partial charge in [0.15, 0.2) is 0 Å². The monoisotopic (exact) mass is 1120 g/mol. The van der Waals surface area contributed by atoms with Gasteiger partial charge >= 0.3 is 5.97 Å². The van der Waals surface area contributed by atoms with Crippen LogP contribution in [0.3, 0.4) is 0 Å². The maximum absolute atomic E-state index is 13.2. The highest BCUT2D eigenvalue weighted by molar-refractivity contribution is 5.69. The van der Waals surface area contributed by atoms with Gasteiger partial charge in [0, 0.05) is 57.3 Å². The second-order valence-corrected chi connectivity index (χ2v) is 28.1. The number of allylic oxidation sites excluding steroid dienone is 4. The zero-order valence-corrected chi connectivity index (χ0v) is 53.9. The number of hydrogen-bond donors (Lipinski definition) is 1. The number of nitrogens with one attached hydrogen (secondary N) is 1. The Hall–Kier alpha value is -2.90. The normalized spacial score (nSPS) is 24.7. The second kappa shape index (κ2) is 37.5. The van der Waals surface area contributed by atoms with Gasteiger partial charge in [0.25, 0.3) is 0 Å². The Morgan fingerprint density at radius 2 is 1.37 bits per heavy atom. The number of unbranched alkanes of at least 4 members (excludes halogenated alkanes) is 16. The Bertz CT molecular complexity index is 1960. The molecule has 1 aliphatic heterocycles. The van der Waals surface area contributed by atoms with Gasteiger partial charge in [-0.15, -0.1) is 0 Å². The van der Waals surface area contributed by atoms with Crippen molar-refractivity contribution in [1.29, 1.82) is 0 Å². The first kappa shape index (κ1) is 67.2. The quantitative estimate of drug-likeness (QED) is 0.0302. The minimum absolute atomic E-state index is 0.0387. The molecule has 7 heteroatoms. The highest BCUT2D eigenvalue weighted by Crippen LogP contribution is 2.67. The Morgan fingerprint density at radius 1 is 0.704 bits per heavy atom. The summed E-state index contributed by atoms with van der Waals surface area (Å²) in [5.41, 5.74) is 5.06. The Labute approximate surface area is 500 Å². The largest absolute Gasteiger partial charge is 0.495 e. The van der Waals surface area contributed by atoms with Crippen LogP contribution in [0.15, 0.2) is 72.3 Å². The molecule has 8 atom stereocenters. The molecule has 5 aliphatic rings. The lowest BCUT2D eigenvalue weighted by atomic mass is 9.47. The summed E-state index contributed by atoms with van der Waals surface area (Å²) in [6.07, 6.45) is 56.1. The van der Waals surface area contributed by atoms with Crippen LogP contribution in [0.25, 0.3) is 0 Å². The summed E-state index contributed by atoms with van der Waals surface area (Å²) in [4.78, 5) is 23.2. The van der Waals surface area contributed by atoms with Crippen LogP contribution in [-0.2, 0) is 20.8 Å². The van der Waals surface area contributed by atoms with Gasteiger partial charge in [0.05, 0.1) is 11.5 Å². The van der Waals surface area contributed by atoms with E-state index >= 15 is 0 Å². The first-order valence-corrected chi connectivity index (χ1v) is 35.1. The zero-order chi connectivity index (χ0) is 57.6. The van der Waals surface area contributed by atoms with Crippen LogP contribution in [0.1, 0.15) is 285 Å². The number of pyridine rings is 1.